The molecule has 0 atom stereocenters. The molecule has 0 bridgehead atoms. The van der Waals surface area contributed by atoms with Crippen molar-refractivity contribution in [1.82, 2.24) is 0 Å². The first-order valence-corrected chi connectivity index (χ1v) is 2.47. The second kappa shape index (κ2) is 7.10. The van der Waals surface area contributed by atoms with Crippen molar-refractivity contribution >= 4 is 42.0 Å². The molecule has 0 aliphatic heterocycles. The molecule has 0 N–H and O–H groups in total. The molecule has 9 heavy (non-hydrogen) atoms. The van der Waals surface area contributed by atoms with Gasteiger partial charge in [0.2, 0.25) is 0 Å². The zero-order valence-electron chi connectivity index (χ0n) is 5.85. The SMILES string of the molecule is C=CC[N+](C)(C)C.Cl.[NaH]. The van der Waals surface area contributed by atoms with E-state index in [1.54, 1.807) is 0 Å². The number of hydrogen-bond acceptors (Lipinski definition) is 0. The summed E-state index contributed by atoms with van der Waals surface area (Å²) in [7, 11) is 6.42. The first-order valence-electron chi connectivity index (χ1n) is 2.47. The summed E-state index contributed by atoms with van der Waals surface area (Å²) in [4.78, 5) is 0. The van der Waals surface area contributed by atoms with E-state index in [0.29, 0.717) is 0 Å². The summed E-state index contributed by atoms with van der Waals surface area (Å²) in [6.07, 6.45) is 1.93. The van der Waals surface area contributed by atoms with E-state index in [0.717, 1.165) is 11.0 Å². The number of hydrogen-bond donors (Lipinski definition) is 0. The molecule has 0 unspecified atom stereocenters. The van der Waals surface area contributed by atoms with Crippen LogP contribution >= 0.6 is 12.4 Å². The van der Waals surface area contributed by atoms with Crippen LogP contribution in [0.4, 0.5) is 0 Å². The zero-order chi connectivity index (χ0) is 5.91. The molecule has 0 aromatic rings. The van der Waals surface area contributed by atoms with Crippen molar-refractivity contribution in [2.45, 2.75) is 0 Å². The van der Waals surface area contributed by atoms with Gasteiger partial charge in [-0.25, -0.2) is 0 Å². The van der Waals surface area contributed by atoms with Crippen LogP contribution in [0.1, 0.15) is 0 Å². The maximum absolute atomic E-state index is 3.63. The van der Waals surface area contributed by atoms with Crippen LogP contribution in [0.2, 0.25) is 0 Å². The molecule has 0 aliphatic rings. The Hall–Kier alpha value is 0.990. The molecule has 0 radical (unpaired) electrons. The summed E-state index contributed by atoms with van der Waals surface area (Å²) < 4.78 is 0.976. The first kappa shape index (κ1) is 16.5. The van der Waals surface area contributed by atoms with Crippen molar-refractivity contribution in [1.29, 1.82) is 0 Å². The molecule has 52 valence electrons. The van der Waals surface area contributed by atoms with Crippen LogP contribution in [-0.2, 0) is 0 Å². The fraction of sp³-hybridized carbons (Fsp3) is 0.667. The van der Waals surface area contributed by atoms with Crippen molar-refractivity contribution in [2.24, 2.45) is 0 Å². The molecule has 0 saturated carbocycles. The Morgan fingerprint density at radius 2 is 1.67 bits per heavy atom. The third-order valence-corrected chi connectivity index (χ3v) is 0.677. The van der Waals surface area contributed by atoms with Crippen LogP contribution in [0.25, 0.3) is 0 Å². The van der Waals surface area contributed by atoms with Gasteiger partial charge in [-0.1, -0.05) is 6.58 Å². The summed E-state index contributed by atoms with van der Waals surface area (Å²) in [5.74, 6) is 0. The Bertz CT molecular complexity index is 67.9. The van der Waals surface area contributed by atoms with Crippen molar-refractivity contribution in [3.63, 3.8) is 0 Å². The average Bonchev–Trinajstić information content (AvgIpc) is 1.30. The Labute approximate surface area is 86.4 Å². The summed E-state index contributed by atoms with van der Waals surface area (Å²) in [5.41, 5.74) is 0. The summed E-state index contributed by atoms with van der Waals surface area (Å²) >= 11 is 0. The standard InChI is InChI=1S/C6H14N.ClH.Na.H/c1-5-6-7(2,3)4;;;/h5H,1,6H2,2-4H3;1H;;/q+1;;;. The molecular formula is C6H16ClNNa+. The van der Waals surface area contributed by atoms with Crippen molar-refractivity contribution < 1.29 is 4.48 Å². The molecule has 0 fully saturated rings. The third kappa shape index (κ3) is 17.6. The molecule has 0 heterocycles. The average molecular weight is 161 g/mol. The van der Waals surface area contributed by atoms with Crippen molar-refractivity contribution in [2.75, 3.05) is 27.7 Å². The van der Waals surface area contributed by atoms with Gasteiger partial charge in [0.15, 0.2) is 0 Å². The van der Waals surface area contributed by atoms with E-state index < -0.39 is 0 Å². The van der Waals surface area contributed by atoms with Crippen LogP contribution in [0.3, 0.4) is 0 Å². The summed E-state index contributed by atoms with van der Waals surface area (Å²) in [5, 5.41) is 0. The van der Waals surface area contributed by atoms with E-state index in [-0.39, 0.29) is 42.0 Å². The van der Waals surface area contributed by atoms with Gasteiger partial charge >= 0.3 is 29.6 Å². The van der Waals surface area contributed by atoms with Crippen molar-refractivity contribution in [3.8, 4) is 0 Å². The summed E-state index contributed by atoms with van der Waals surface area (Å²) in [6, 6.07) is 0. The molecule has 0 aromatic carbocycles. The maximum atomic E-state index is 3.63. The predicted molar refractivity (Wildman–Crippen MR) is 47.5 cm³/mol. The minimum absolute atomic E-state index is 0. The molecule has 3 heteroatoms. The van der Waals surface area contributed by atoms with E-state index in [1.807, 2.05) is 6.08 Å². The normalized spacial score (nSPS) is 8.78. The monoisotopic (exact) mass is 160 g/mol. The van der Waals surface area contributed by atoms with Gasteiger partial charge < -0.3 is 4.48 Å². The Balaban J connectivity index is -0.000000180. The molecule has 0 aliphatic carbocycles. The molecule has 0 saturated heterocycles. The van der Waals surface area contributed by atoms with E-state index in [9.17, 15) is 0 Å². The minimum atomic E-state index is 0. The third-order valence-electron chi connectivity index (χ3n) is 0.677. The van der Waals surface area contributed by atoms with Crippen LogP contribution in [0.15, 0.2) is 12.7 Å². The van der Waals surface area contributed by atoms with E-state index in [1.165, 1.54) is 0 Å². The number of nitrogens with zero attached hydrogens (tertiary/aromatic N) is 1. The zero-order valence-corrected chi connectivity index (χ0v) is 6.66. The van der Waals surface area contributed by atoms with E-state index in [4.69, 9.17) is 0 Å². The van der Waals surface area contributed by atoms with Gasteiger partial charge in [0.05, 0.1) is 27.7 Å². The second-order valence-corrected chi connectivity index (χ2v) is 2.76. The number of halogens is 1. The van der Waals surface area contributed by atoms with Gasteiger partial charge in [-0.05, 0) is 6.08 Å². The quantitative estimate of drug-likeness (QED) is 0.316. The summed E-state index contributed by atoms with van der Waals surface area (Å²) in [6.45, 7) is 4.67. The molecule has 0 aromatic heterocycles. The number of rotatable bonds is 2. The molecule has 0 rings (SSSR count). The van der Waals surface area contributed by atoms with Gasteiger partial charge in [-0.2, -0.15) is 0 Å². The van der Waals surface area contributed by atoms with Gasteiger partial charge in [0.25, 0.3) is 0 Å². The van der Waals surface area contributed by atoms with E-state index in [2.05, 4.69) is 27.7 Å². The second-order valence-electron chi connectivity index (χ2n) is 2.76. The molecule has 0 amide bonds. The molecule has 1 nitrogen and oxygen atoms in total. The molecule has 0 spiro atoms. The number of likely N-dealkylation sites (N-methyl/N-ethyl adjacent to an activating group) is 1. The molecular weight excluding hydrogens is 145 g/mol. The Morgan fingerprint density at radius 3 is 1.67 bits per heavy atom. The fourth-order valence-corrected chi connectivity index (χ4v) is 0.387. The van der Waals surface area contributed by atoms with Gasteiger partial charge in [0, 0.05) is 0 Å². The first-order chi connectivity index (χ1) is 3.06. The van der Waals surface area contributed by atoms with Gasteiger partial charge in [-0.3, -0.25) is 0 Å². The Morgan fingerprint density at radius 1 is 1.33 bits per heavy atom. The van der Waals surface area contributed by atoms with E-state index >= 15 is 0 Å². The van der Waals surface area contributed by atoms with Crippen LogP contribution in [0, 0.1) is 0 Å². The van der Waals surface area contributed by atoms with Crippen molar-refractivity contribution in [3.05, 3.63) is 12.7 Å². The van der Waals surface area contributed by atoms with Gasteiger partial charge in [0.1, 0.15) is 0 Å². The van der Waals surface area contributed by atoms with Crippen LogP contribution in [0.5, 0.6) is 0 Å². The van der Waals surface area contributed by atoms with Gasteiger partial charge in [-0.15, -0.1) is 12.4 Å². The topological polar surface area (TPSA) is 0 Å². The Kier molecular flexibility index (Phi) is 13.0. The number of quaternary nitrogens is 1. The fourth-order valence-electron chi connectivity index (χ4n) is 0.387. The predicted octanol–water partition coefficient (Wildman–Crippen LogP) is 0.652. The van der Waals surface area contributed by atoms with Crippen LogP contribution < -0.4 is 0 Å². The van der Waals surface area contributed by atoms with Crippen LogP contribution in [-0.4, -0.2) is 61.7 Å².